The summed E-state index contributed by atoms with van der Waals surface area (Å²) in [6.07, 6.45) is 0. The molecule has 6 nitrogen and oxygen atoms in total. The van der Waals surface area contributed by atoms with Crippen LogP contribution in [0.25, 0.3) is 11.1 Å². The Hall–Kier alpha value is -4.06. The standard InChI is InChI=1S/C23H13NO5/c25-21-13-6-1-2-7-14(13)22(26)20-15(21)8-5-9-16(20)23(27)28-12-19-24-17-10-3-4-11-18(17)29-19/h1-11H,12H2. The van der Waals surface area contributed by atoms with Crippen molar-refractivity contribution >= 4 is 28.6 Å². The minimum Gasteiger partial charge on any atom is -0.452 e. The third-order valence-electron chi connectivity index (χ3n) is 4.84. The third kappa shape index (κ3) is 2.73. The summed E-state index contributed by atoms with van der Waals surface area (Å²) in [6.45, 7) is -0.185. The lowest BCUT2D eigenvalue weighted by Crippen LogP contribution is -2.24. The minimum atomic E-state index is -0.718. The van der Waals surface area contributed by atoms with Gasteiger partial charge in [0.05, 0.1) is 5.56 Å². The maximum Gasteiger partial charge on any atom is 0.339 e. The summed E-state index contributed by atoms with van der Waals surface area (Å²) in [7, 11) is 0. The number of ether oxygens (including phenoxy) is 1. The van der Waals surface area contributed by atoms with Crippen molar-refractivity contribution < 1.29 is 23.5 Å². The van der Waals surface area contributed by atoms with Crippen molar-refractivity contribution in [2.45, 2.75) is 6.61 Å². The van der Waals surface area contributed by atoms with Crippen molar-refractivity contribution in [3.8, 4) is 0 Å². The second kappa shape index (κ2) is 6.53. The number of rotatable bonds is 3. The van der Waals surface area contributed by atoms with Crippen LogP contribution in [-0.2, 0) is 11.3 Å². The van der Waals surface area contributed by atoms with Crippen LogP contribution in [-0.4, -0.2) is 22.5 Å². The zero-order valence-corrected chi connectivity index (χ0v) is 15.0. The number of hydrogen-bond acceptors (Lipinski definition) is 6. The molecule has 0 saturated heterocycles. The number of carbonyl (C=O) groups excluding carboxylic acids is 3. The Morgan fingerprint density at radius 3 is 2.31 bits per heavy atom. The van der Waals surface area contributed by atoms with Gasteiger partial charge in [0.15, 0.2) is 23.8 Å². The largest absolute Gasteiger partial charge is 0.452 e. The van der Waals surface area contributed by atoms with E-state index in [0.717, 1.165) is 0 Å². The average Bonchev–Trinajstić information content (AvgIpc) is 3.18. The predicted octanol–water partition coefficient (Wildman–Crippen LogP) is 3.96. The van der Waals surface area contributed by atoms with Gasteiger partial charge in [0.1, 0.15) is 5.52 Å². The molecule has 140 valence electrons. The summed E-state index contributed by atoms with van der Waals surface area (Å²) < 4.78 is 10.9. The molecule has 1 aliphatic carbocycles. The predicted molar refractivity (Wildman–Crippen MR) is 103 cm³/mol. The fourth-order valence-electron chi connectivity index (χ4n) is 3.50. The number of aromatic nitrogens is 1. The highest BCUT2D eigenvalue weighted by atomic mass is 16.5. The Bertz CT molecular complexity index is 1280. The van der Waals surface area contributed by atoms with Crippen molar-refractivity contribution in [1.82, 2.24) is 4.98 Å². The quantitative estimate of drug-likeness (QED) is 0.438. The molecule has 1 aliphatic rings. The number of fused-ring (bicyclic) bond motifs is 3. The van der Waals surface area contributed by atoms with Crippen LogP contribution in [0.4, 0.5) is 0 Å². The molecular formula is C23H13NO5. The van der Waals surface area contributed by atoms with E-state index in [-0.39, 0.29) is 46.3 Å². The van der Waals surface area contributed by atoms with Crippen LogP contribution in [0.1, 0.15) is 48.1 Å². The molecule has 0 aliphatic heterocycles. The summed E-state index contributed by atoms with van der Waals surface area (Å²) in [4.78, 5) is 42.7. The normalized spacial score (nSPS) is 12.6. The molecule has 0 unspecified atom stereocenters. The van der Waals surface area contributed by atoms with Crippen LogP contribution in [0.15, 0.2) is 71.1 Å². The number of oxazole rings is 1. The minimum absolute atomic E-state index is 0.0477. The van der Waals surface area contributed by atoms with Crippen LogP contribution in [0.3, 0.4) is 0 Å². The van der Waals surface area contributed by atoms with Gasteiger partial charge in [0.2, 0.25) is 5.89 Å². The highest BCUT2D eigenvalue weighted by Crippen LogP contribution is 2.30. The summed E-state index contributed by atoms with van der Waals surface area (Å²) in [6, 6.07) is 18.4. The zero-order chi connectivity index (χ0) is 20.0. The van der Waals surface area contributed by atoms with Crippen molar-refractivity contribution in [3.05, 3.63) is 100 Å². The van der Waals surface area contributed by atoms with Gasteiger partial charge in [0, 0.05) is 22.3 Å². The van der Waals surface area contributed by atoms with Crippen LogP contribution in [0, 0.1) is 0 Å². The smallest absolute Gasteiger partial charge is 0.339 e. The lowest BCUT2D eigenvalue weighted by atomic mass is 9.82. The number of esters is 1. The van der Waals surface area contributed by atoms with Gasteiger partial charge in [-0.15, -0.1) is 0 Å². The molecular weight excluding hydrogens is 370 g/mol. The van der Waals surface area contributed by atoms with Gasteiger partial charge in [-0.2, -0.15) is 0 Å². The van der Waals surface area contributed by atoms with E-state index in [4.69, 9.17) is 9.15 Å². The van der Waals surface area contributed by atoms with E-state index in [0.29, 0.717) is 16.7 Å². The van der Waals surface area contributed by atoms with Crippen LogP contribution in [0.2, 0.25) is 0 Å². The summed E-state index contributed by atoms with van der Waals surface area (Å²) in [5, 5.41) is 0. The molecule has 0 spiro atoms. The Morgan fingerprint density at radius 1 is 0.828 bits per heavy atom. The Balaban J connectivity index is 1.46. The fraction of sp³-hybridized carbons (Fsp3) is 0.0435. The Morgan fingerprint density at radius 2 is 1.52 bits per heavy atom. The van der Waals surface area contributed by atoms with Crippen LogP contribution in [0.5, 0.6) is 0 Å². The fourth-order valence-corrected chi connectivity index (χ4v) is 3.50. The number of ketones is 2. The van der Waals surface area contributed by atoms with E-state index in [9.17, 15) is 14.4 Å². The number of carbonyl (C=O) groups is 3. The van der Waals surface area contributed by atoms with E-state index in [1.165, 1.54) is 6.07 Å². The van der Waals surface area contributed by atoms with E-state index >= 15 is 0 Å². The molecule has 6 heteroatoms. The van der Waals surface area contributed by atoms with Crippen molar-refractivity contribution in [3.63, 3.8) is 0 Å². The number of hydrogen-bond donors (Lipinski definition) is 0. The molecule has 0 fully saturated rings. The Labute approximate surface area is 164 Å². The van der Waals surface area contributed by atoms with Crippen molar-refractivity contribution in [2.24, 2.45) is 0 Å². The van der Waals surface area contributed by atoms with Crippen LogP contribution < -0.4 is 0 Å². The highest BCUT2D eigenvalue weighted by Gasteiger charge is 2.33. The summed E-state index contributed by atoms with van der Waals surface area (Å²) in [5.74, 6) is -1.13. The SMILES string of the molecule is O=C(OCc1nc2ccccc2o1)c1cccc2c1C(=O)c1ccccc1C2=O. The monoisotopic (exact) mass is 383 g/mol. The number of para-hydroxylation sites is 2. The van der Waals surface area contributed by atoms with Crippen LogP contribution >= 0.6 is 0 Å². The zero-order valence-electron chi connectivity index (χ0n) is 15.0. The van der Waals surface area contributed by atoms with Gasteiger partial charge in [0.25, 0.3) is 0 Å². The second-order valence-corrected chi connectivity index (χ2v) is 6.58. The molecule has 0 radical (unpaired) electrons. The van der Waals surface area contributed by atoms with Gasteiger partial charge in [-0.05, 0) is 18.2 Å². The molecule has 4 aromatic rings. The maximum absolute atomic E-state index is 13.0. The molecule has 5 rings (SSSR count). The van der Waals surface area contributed by atoms with Gasteiger partial charge in [-0.25, -0.2) is 9.78 Å². The van der Waals surface area contributed by atoms with E-state index in [2.05, 4.69) is 4.98 Å². The number of nitrogens with zero attached hydrogens (tertiary/aromatic N) is 1. The van der Waals surface area contributed by atoms with Gasteiger partial charge in [-0.1, -0.05) is 48.5 Å². The second-order valence-electron chi connectivity index (χ2n) is 6.58. The number of benzene rings is 3. The lowest BCUT2D eigenvalue weighted by Gasteiger charge is -2.19. The van der Waals surface area contributed by atoms with Crippen molar-refractivity contribution in [2.75, 3.05) is 0 Å². The first-order chi connectivity index (χ1) is 14.1. The molecule has 0 amide bonds. The summed E-state index contributed by atoms with van der Waals surface area (Å²) in [5.41, 5.74) is 2.18. The van der Waals surface area contributed by atoms with E-state index < -0.39 is 5.97 Å². The van der Waals surface area contributed by atoms with Gasteiger partial charge < -0.3 is 9.15 Å². The molecule has 0 atom stereocenters. The molecule has 0 saturated carbocycles. The maximum atomic E-state index is 13.0. The molecule has 3 aromatic carbocycles. The van der Waals surface area contributed by atoms with E-state index in [1.807, 2.05) is 12.1 Å². The molecule has 29 heavy (non-hydrogen) atoms. The molecule has 0 N–H and O–H groups in total. The van der Waals surface area contributed by atoms with Crippen molar-refractivity contribution in [1.29, 1.82) is 0 Å². The third-order valence-corrected chi connectivity index (χ3v) is 4.84. The Kier molecular flexibility index (Phi) is 3.84. The van der Waals surface area contributed by atoms with Gasteiger partial charge >= 0.3 is 5.97 Å². The topological polar surface area (TPSA) is 86.5 Å². The summed E-state index contributed by atoms with van der Waals surface area (Å²) >= 11 is 0. The first-order valence-corrected chi connectivity index (χ1v) is 8.96. The molecule has 0 bridgehead atoms. The first kappa shape index (κ1) is 17.1. The average molecular weight is 383 g/mol. The van der Waals surface area contributed by atoms with E-state index in [1.54, 1.807) is 48.5 Å². The highest BCUT2D eigenvalue weighted by molar-refractivity contribution is 6.30. The van der Waals surface area contributed by atoms with Gasteiger partial charge in [-0.3, -0.25) is 9.59 Å². The molecule has 1 aromatic heterocycles. The lowest BCUT2D eigenvalue weighted by molar-refractivity contribution is 0.0438. The molecule has 1 heterocycles. The first-order valence-electron chi connectivity index (χ1n) is 8.96.